The van der Waals surface area contributed by atoms with E-state index in [-0.39, 0.29) is 11.5 Å². The number of rotatable bonds is 4. The molecule has 0 amide bonds. The maximum absolute atomic E-state index is 11.4. The van der Waals surface area contributed by atoms with Gasteiger partial charge in [0, 0.05) is 15.9 Å². The van der Waals surface area contributed by atoms with Gasteiger partial charge in [-0.3, -0.25) is 4.74 Å². The van der Waals surface area contributed by atoms with E-state index in [9.17, 15) is 10.2 Å². The van der Waals surface area contributed by atoms with Gasteiger partial charge in [0.15, 0.2) is 0 Å². The average molecular weight is 442 g/mol. The van der Waals surface area contributed by atoms with Crippen molar-refractivity contribution in [3.8, 4) is 11.5 Å². The zero-order valence-electron chi connectivity index (χ0n) is 18.9. The van der Waals surface area contributed by atoms with E-state index in [0.29, 0.717) is 0 Å². The van der Waals surface area contributed by atoms with Crippen molar-refractivity contribution in [2.75, 3.05) is 0 Å². The van der Waals surface area contributed by atoms with Crippen molar-refractivity contribution in [2.45, 2.75) is 27.7 Å². The Kier molecular flexibility index (Phi) is 5.95. The molecule has 4 heteroatoms. The predicted octanol–water partition coefficient (Wildman–Crippen LogP) is 6.14. The van der Waals surface area contributed by atoms with Crippen LogP contribution < -0.4 is 15.9 Å². The van der Waals surface area contributed by atoms with Crippen LogP contribution in [0.2, 0.25) is 0 Å². The highest BCUT2D eigenvalue weighted by Crippen LogP contribution is 2.54. The third-order valence-electron chi connectivity index (χ3n) is 5.70. The zero-order chi connectivity index (χ0) is 22.9. The molecule has 4 aromatic carbocycles. The van der Waals surface area contributed by atoms with Gasteiger partial charge in [0.2, 0.25) is 0 Å². The van der Waals surface area contributed by atoms with Gasteiger partial charge in [-0.1, -0.05) is 60.7 Å². The van der Waals surface area contributed by atoms with Gasteiger partial charge in [-0.25, -0.2) is 0 Å². The molecule has 32 heavy (non-hydrogen) atoms. The molecular weight excluding hydrogens is 413 g/mol. The fraction of sp³-hybridized carbons (Fsp3) is 0.143. The predicted molar refractivity (Wildman–Crippen MR) is 136 cm³/mol. The molecule has 0 aliphatic rings. The summed E-state index contributed by atoms with van der Waals surface area (Å²) in [5, 5.41) is 25.2. The van der Waals surface area contributed by atoms with Crippen LogP contribution in [0.5, 0.6) is 11.5 Å². The molecule has 0 aliphatic carbocycles. The molecule has 0 saturated heterocycles. The van der Waals surface area contributed by atoms with Crippen molar-refractivity contribution in [3.05, 3.63) is 107 Å². The van der Waals surface area contributed by atoms with Crippen molar-refractivity contribution >= 4 is 28.7 Å². The second-order valence-electron chi connectivity index (χ2n) is 8.31. The molecule has 4 rings (SSSR count). The SMILES string of the molecule is Cc1cc(C)c(O)c(P(=Nc2ccccc2)(c2ccccc2)c2cc(C)cc(C)c2O)c1. The number of hydrogen-bond acceptors (Lipinski definition) is 3. The summed E-state index contributed by atoms with van der Waals surface area (Å²) in [5.74, 6) is 0.456. The first-order valence-electron chi connectivity index (χ1n) is 10.7. The topological polar surface area (TPSA) is 52.8 Å². The highest BCUT2D eigenvalue weighted by atomic mass is 31.2. The number of phenols is 2. The fourth-order valence-corrected chi connectivity index (χ4v) is 8.23. The lowest BCUT2D eigenvalue weighted by Crippen LogP contribution is -2.27. The smallest absolute Gasteiger partial charge is 0.128 e. The van der Waals surface area contributed by atoms with Gasteiger partial charge in [0.05, 0.1) is 12.7 Å². The first-order valence-corrected chi connectivity index (χ1v) is 12.4. The quantitative estimate of drug-likeness (QED) is 0.374. The molecule has 0 heterocycles. The van der Waals surface area contributed by atoms with E-state index < -0.39 is 7.05 Å². The van der Waals surface area contributed by atoms with Crippen LogP contribution in [0, 0.1) is 27.7 Å². The summed E-state index contributed by atoms with van der Waals surface area (Å²) in [5.41, 5.74) is 4.49. The number of benzene rings is 4. The number of phenolic OH excluding ortho intramolecular Hbond substituents is 2. The lowest BCUT2D eigenvalue weighted by Gasteiger charge is -2.30. The Morgan fingerprint density at radius 2 is 1.03 bits per heavy atom. The second-order valence-corrected chi connectivity index (χ2v) is 11.3. The molecule has 0 saturated carbocycles. The number of aryl methyl sites for hydroxylation is 4. The molecule has 0 radical (unpaired) electrons. The molecule has 0 atom stereocenters. The molecule has 0 aliphatic heterocycles. The minimum Gasteiger partial charge on any atom is -0.507 e. The van der Waals surface area contributed by atoms with Crippen LogP contribution in [0.25, 0.3) is 0 Å². The highest BCUT2D eigenvalue weighted by molar-refractivity contribution is 7.87. The van der Waals surface area contributed by atoms with Gasteiger partial charge in [0.25, 0.3) is 0 Å². The molecular formula is C28H28NO2P. The van der Waals surface area contributed by atoms with Gasteiger partial charge >= 0.3 is 0 Å². The second kappa shape index (κ2) is 8.68. The van der Waals surface area contributed by atoms with Gasteiger partial charge in [-0.15, -0.1) is 0 Å². The van der Waals surface area contributed by atoms with Gasteiger partial charge in [0.1, 0.15) is 11.5 Å². The number of aromatic hydroxyl groups is 2. The molecule has 2 N–H and O–H groups in total. The summed E-state index contributed by atoms with van der Waals surface area (Å²) in [7, 11) is -2.83. The lowest BCUT2D eigenvalue weighted by atomic mass is 10.1. The van der Waals surface area contributed by atoms with E-state index in [1.807, 2.05) is 100 Å². The van der Waals surface area contributed by atoms with E-state index in [4.69, 9.17) is 4.74 Å². The maximum Gasteiger partial charge on any atom is 0.128 e. The minimum atomic E-state index is -2.83. The van der Waals surface area contributed by atoms with E-state index in [2.05, 4.69) is 12.1 Å². The first-order chi connectivity index (χ1) is 15.3. The lowest BCUT2D eigenvalue weighted by molar-refractivity contribution is 0.474. The van der Waals surface area contributed by atoms with Crippen LogP contribution in [0.15, 0.2) is 89.7 Å². The van der Waals surface area contributed by atoms with Crippen LogP contribution in [-0.2, 0) is 0 Å². The maximum atomic E-state index is 11.4. The van der Waals surface area contributed by atoms with Gasteiger partial charge in [-0.2, -0.15) is 0 Å². The Morgan fingerprint density at radius 1 is 0.594 bits per heavy atom. The fourth-order valence-electron chi connectivity index (χ4n) is 4.25. The van der Waals surface area contributed by atoms with Gasteiger partial charge in [-0.05, 0) is 74.2 Å². The zero-order valence-corrected chi connectivity index (χ0v) is 19.8. The summed E-state index contributed by atoms with van der Waals surface area (Å²) in [6, 6.07) is 27.9. The molecule has 0 fully saturated rings. The average Bonchev–Trinajstić information content (AvgIpc) is 2.78. The number of nitrogens with zero attached hydrogens (tertiary/aromatic N) is 1. The van der Waals surface area contributed by atoms with Crippen LogP contribution in [0.1, 0.15) is 22.3 Å². The Morgan fingerprint density at radius 3 is 1.50 bits per heavy atom. The van der Waals surface area contributed by atoms with Crippen molar-refractivity contribution in [1.82, 2.24) is 0 Å². The highest BCUT2D eigenvalue weighted by Gasteiger charge is 2.34. The molecule has 0 aromatic heterocycles. The van der Waals surface area contributed by atoms with E-state index in [0.717, 1.165) is 43.9 Å². The molecule has 0 spiro atoms. The van der Waals surface area contributed by atoms with Crippen molar-refractivity contribution in [3.63, 3.8) is 0 Å². The molecule has 0 bridgehead atoms. The first kappa shape index (κ1) is 21.9. The Labute approximate surface area is 190 Å². The summed E-state index contributed by atoms with van der Waals surface area (Å²) < 4.78 is 5.38. The third kappa shape index (κ3) is 3.85. The Hall–Kier alpha value is -3.29. The monoisotopic (exact) mass is 441 g/mol. The Bertz CT molecular complexity index is 1270. The summed E-state index contributed by atoms with van der Waals surface area (Å²) in [6.45, 7) is 7.88. The van der Waals surface area contributed by atoms with E-state index >= 15 is 0 Å². The standard InChI is InChI=1S/C28H28NO2P/c1-19-15-21(3)27(30)25(17-19)32(24-13-9-6-10-14-24,29-23-11-7-5-8-12-23)26-18-20(2)16-22(4)28(26)31/h5-18,30-31H,1-4H3. The van der Waals surface area contributed by atoms with Crippen LogP contribution >= 0.6 is 7.05 Å². The molecule has 162 valence electrons. The Balaban J connectivity index is 2.29. The normalized spacial score (nSPS) is 11.4. The molecule has 0 unspecified atom stereocenters. The molecule has 3 nitrogen and oxygen atoms in total. The van der Waals surface area contributed by atoms with Crippen molar-refractivity contribution in [2.24, 2.45) is 4.74 Å². The summed E-state index contributed by atoms with van der Waals surface area (Å²) in [4.78, 5) is 0. The van der Waals surface area contributed by atoms with Crippen LogP contribution in [0.3, 0.4) is 0 Å². The third-order valence-corrected chi connectivity index (χ3v) is 9.35. The van der Waals surface area contributed by atoms with E-state index in [1.54, 1.807) is 0 Å². The van der Waals surface area contributed by atoms with E-state index in [1.165, 1.54) is 0 Å². The van der Waals surface area contributed by atoms with Crippen LogP contribution in [0.4, 0.5) is 5.69 Å². The largest absolute Gasteiger partial charge is 0.507 e. The van der Waals surface area contributed by atoms with Crippen molar-refractivity contribution in [1.29, 1.82) is 0 Å². The number of hydrogen-bond donors (Lipinski definition) is 2. The molecule has 4 aromatic rings. The van der Waals surface area contributed by atoms with Crippen molar-refractivity contribution < 1.29 is 10.2 Å². The summed E-state index contributed by atoms with van der Waals surface area (Å²) in [6.07, 6.45) is 0. The van der Waals surface area contributed by atoms with Gasteiger partial charge < -0.3 is 10.2 Å². The van der Waals surface area contributed by atoms with Crippen LogP contribution in [-0.4, -0.2) is 10.2 Å². The minimum absolute atomic E-state index is 0.228. The summed E-state index contributed by atoms with van der Waals surface area (Å²) >= 11 is 0.